The van der Waals surface area contributed by atoms with E-state index in [-0.39, 0.29) is 18.3 Å². The second kappa shape index (κ2) is 6.86. The Morgan fingerprint density at radius 1 is 1.20 bits per heavy atom. The molecule has 130 valence electrons. The largest absolute Gasteiger partial charge is 0.354 e. The highest BCUT2D eigenvalue weighted by molar-refractivity contribution is 6.10. The molecule has 0 unspecified atom stereocenters. The topological polar surface area (TPSA) is 56.9 Å². The number of benzene rings is 2. The predicted molar refractivity (Wildman–Crippen MR) is 99.7 cm³/mol. The second-order valence-corrected chi connectivity index (χ2v) is 6.09. The number of nitrogens with one attached hydrogen (secondary N) is 3. The highest BCUT2D eigenvalue weighted by atomic mass is 35.5. The fraction of sp³-hybridized carbons (Fsp3) is 0.211. The zero-order valence-corrected chi connectivity index (χ0v) is 14.6. The lowest BCUT2D eigenvalue weighted by Gasteiger charge is -2.06. The quantitative estimate of drug-likeness (QED) is 0.671. The Balaban J connectivity index is 0.00000182. The number of hydrogen-bond donors (Lipinski definition) is 3. The van der Waals surface area contributed by atoms with Gasteiger partial charge >= 0.3 is 0 Å². The molecule has 0 aliphatic carbocycles. The van der Waals surface area contributed by atoms with E-state index in [1.165, 1.54) is 17.7 Å². The second-order valence-electron chi connectivity index (χ2n) is 6.09. The van der Waals surface area contributed by atoms with Gasteiger partial charge in [-0.15, -0.1) is 12.4 Å². The molecule has 4 rings (SSSR count). The van der Waals surface area contributed by atoms with E-state index in [9.17, 15) is 9.18 Å². The smallest absolute Gasteiger partial charge is 0.252 e. The van der Waals surface area contributed by atoms with Crippen molar-refractivity contribution in [1.82, 2.24) is 15.6 Å². The summed E-state index contributed by atoms with van der Waals surface area (Å²) in [7, 11) is 1.92. The van der Waals surface area contributed by atoms with Crippen molar-refractivity contribution in [2.75, 3.05) is 13.6 Å². The van der Waals surface area contributed by atoms with Crippen LogP contribution in [0.2, 0.25) is 0 Å². The molecule has 3 aromatic rings. The van der Waals surface area contributed by atoms with Crippen LogP contribution < -0.4 is 10.6 Å². The zero-order chi connectivity index (χ0) is 16.7. The number of carbonyl (C=O) groups is 1. The number of rotatable bonds is 3. The summed E-state index contributed by atoms with van der Waals surface area (Å²) in [5.74, 6) is -0.619. The average Bonchev–Trinajstić information content (AvgIpc) is 2.84. The van der Waals surface area contributed by atoms with Crippen LogP contribution in [-0.2, 0) is 13.0 Å². The van der Waals surface area contributed by atoms with Crippen molar-refractivity contribution in [1.29, 1.82) is 0 Å². The Kier molecular flexibility index (Phi) is 4.79. The molecule has 1 aliphatic rings. The fourth-order valence-corrected chi connectivity index (χ4v) is 3.43. The van der Waals surface area contributed by atoms with Gasteiger partial charge in [0.25, 0.3) is 5.91 Å². The van der Waals surface area contributed by atoms with Gasteiger partial charge < -0.3 is 15.6 Å². The van der Waals surface area contributed by atoms with Gasteiger partial charge in [0.15, 0.2) is 0 Å². The van der Waals surface area contributed by atoms with Crippen molar-refractivity contribution in [3.05, 3.63) is 58.9 Å². The molecule has 4 nitrogen and oxygen atoms in total. The van der Waals surface area contributed by atoms with Crippen molar-refractivity contribution in [2.45, 2.75) is 13.0 Å². The molecule has 0 spiro atoms. The summed E-state index contributed by atoms with van der Waals surface area (Å²) in [6.07, 6.45) is 0.720. The van der Waals surface area contributed by atoms with Crippen LogP contribution in [0, 0.1) is 5.82 Å². The van der Waals surface area contributed by atoms with E-state index in [0.717, 1.165) is 35.2 Å². The summed E-state index contributed by atoms with van der Waals surface area (Å²) in [6, 6.07) is 11.0. The molecule has 0 saturated carbocycles. The first kappa shape index (κ1) is 17.5. The maximum atomic E-state index is 13.9. The van der Waals surface area contributed by atoms with Crippen molar-refractivity contribution in [2.24, 2.45) is 0 Å². The lowest BCUT2D eigenvalue weighted by Crippen LogP contribution is -2.23. The molecule has 3 N–H and O–H groups in total. The summed E-state index contributed by atoms with van der Waals surface area (Å²) < 4.78 is 13.9. The number of halogens is 2. The maximum Gasteiger partial charge on any atom is 0.252 e. The minimum atomic E-state index is -0.404. The lowest BCUT2D eigenvalue weighted by atomic mass is 9.99. The fourth-order valence-electron chi connectivity index (χ4n) is 3.43. The van der Waals surface area contributed by atoms with E-state index in [1.807, 2.05) is 7.05 Å². The Labute approximate surface area is 151 Å². The molecule has 25 heavy (non-hydrogen) atoms. The Hall–Kier alpha value is -2.37. The standard InChI is InChI=1S/C19H18FN3O.ClH/c1-21-10-11-2-4-12(5-3-11)18-14-6-7-22-19(24)15-8-13(20)9-16(23-18)17(14)15;/h2-5,8-9,21,23H,6-7,10H2,1H3,(H,22,24);1H. The molecule has 6 heteroatoms. The molecule has 1 amide bonds. The van der Waals surface area contributed by atoms with Crippen LogP contribution in [-0.4, -0.2) is 24.5 Å². The molecular formula is C19H19ClFN3O. The van der Waals surface area contributed by atoms with Crippen molar-refractivity contribution < 1.29 is 9.18 Å². The third kappa shape index (κ3) is 3.01. The van der Waals surface area contributed by atoms with Crippen LogP contribution in [0.15, 0.2) is 36.4 Å². The van der Waals surface area contributed by atoms with Gasteiger partial charge in [-0.2, -0.15) is 0 Å². The summed E-state index contributed by atoms with van der Waals surface area (Å²) in [5.41, 5.74) is 5.36. The monoisotopic (exact) mass is 359 g/mol. The zero-order valence-electron chi connectivity index (χ0n) is 13.8. The van der Waals surface area contributed by atoms with Gasteiger partial charge in [-0.3, -0.25) is 4.79 Å². The van der Waals surface area contributed by atoms with E-state index in [1.54, 1.807) is 0 Å². The van der Waals surface area contributed by atoms with Crippen LogP contribution in [0.4, 0.5) is 4.39 Å². The molecule has 2 aromatic carbocycles. The van der Waals surface area contributed by atoms with E-state index >= 15 is 0 Å². The van der Waals surface area contributed by atoms with Gasteiger partial charge in [0.2, 0.25) is 0 Å². The number of aromatic amines is 1. The molecule has 2 heterocycles. The predicted octanol–water partition coefficient (Wildman–Crippen LogP) is 3.40. The van der Waals surface area contributed by atoms with Crippen molar-refractivity contribution >= 4 is 29.2 Å². The van der Waals surface area contributed by atoms with E-state index in [2.05, 4.69) is 39.9 Å². The molecule has 1 aromatic heterocycles. The maximum absolute atomic E-state index is 13.9. The van der Waals surface area contributed by atoms with Crippen LogP contribution in [0.25, 0.3) is 22.2 Å². The molecule has 1 aliphatic heterocycles. The summed E-state index contributed by atoms with van der Waals surface area (Å²) >= 11 is 0. The first-order valence-corrected chi connectivity index (χ1v) is 8.03. The van der Waals surface area contributed by atoms with Gasteiger partial charge in [0, 0.05) is 29.7 Å². The molecule has 0 atom stereocenters. The van der Waals surface area contributed by atoms with Gasteiger partial charge in [0.05, 0.1) is 5.56 Å². The number of aromatic nitrogens is 1. The third-order valence-electron chi connectivity index (χ3n) is 4.50. The Morgan fingerprint density at radius 3 is 2.68 bits per heavy atom. The molecule has 0 saturated heterocycles. The van der Waals surface area contributed by atoms with Crippen LogP contribution in [0.5, 0.6) is 0 Å². The summed E-state index contributed by atoms with van der Waals surface area (Å²) in [4.78, 5) is 15.5. The number of hydrogen-bond acceptors (Lipinski definition) is 2. The summed E-state index contributed by atoms with van der Waals surface area (Å²) in [5, 5.41) is 6.80. The third-order valence-corrected chi connectivity index (χ3v) is 4.50. The van der Waals surface area contributed by atoms with Gasteiger partial charge in [-0.25, -0.2) is 4.39 Å². The van der Waals surface area contributed by atoms with Crippen molar-refractivity contribution in [3.63, 3.8) is 0 Å². The number of carbonyl (C=O) groups excluding carboxylic acids is 1. The molecular weight excluding hydrogens is 341 g/mol. The minimum Gasteiger partial charge on any atom is -0.354 e. The number of amides is 1. The van der Waals surface area contributed by atoms with E-state index in [0.29, 0.717) is 17.6 Å². The molecule has 0 fully saturated rings. The lowest BCUT2D eigenvalue weighted by molar-refractivity contribution is 0.0957. The average molecular weight is 360 g/mol. The molecule has 0 bridgehead atoms. The van der Waals surface area contributed by atoms with Crippen LogP contribution in [0.1, 0.15) is 21.5 Å². The van der Waals surface area contributed by atoms with Crippen LogP contribution in [0.3, 0.4) is 0 Å². The molecule has 0 radical (unpaired) electrons. The van der Waals surface area contributed by atoms with E-state index < -0.39 is 5.82 Å². The normalized spacial score (nSPS) is 13.3. The highest BCUT2D eigenvalue weighted by Gasteiger charge is 2.23. The Bertz CT molecular complexity index is 934. The van der Waals surface area contributed by atoms with Crippen molar-refractivity contribution in [3.8, 4) is 11.3 Å². The Morgan fingerprint density at radius 2 is 1.96 bits per heavy atom. The SMILES string of the molecule is CNCc1ccc(-c2[nH]c3cc(F)cc4c3c2CCNC4=O)cc1.Cl. The van der Waals surface area contributed by atoms with Crippen LogP contribution >= 0.6 is 12.4 Å². The van der Waals surface area contributed by atoms with Gasteiger partial charge in [0.1, 0.15) is 5.82 Å². The highest BCUT2D eigenvalue weighted by Crippen LogP contribution is 2.34. The first-order chi connectivity index (χ1) is 11.7. The van der Waals surface area contributed by atoms with Gasteiger partial charge in [-0.1, -0.05) is 24.3 Å². The van der Waals surface area contributed by atoms with E-state index in [4.69, 9.17) is 0 Å². The minimum absolute atomic E-state index is 0. The number of H-pyrrole nitrogens is 1. The van der Waals surface area contributed by atoms with Gasteiger partial charge in [-0.05, 0) is 42.3 Å². The first-order valence-electron chi connectivity index (χ1n) is 8.03. The summed E-state index contributed by atoms with van der Waals surface area (Å²) in [6.45, 7) is 1.36.